The fourth-order valence-electron chi connectivity index (χ4n) is 3.78. The number of nitrogens with one attached hydrogen (secondary N) is 1. The van der Waals surface area contributed by atoms with Gasteiger partial charge in [0, 0.05) is 50.7 Å². The average Bonchev–Trinajstić information content (AvgIpc) is 2.84. The third-order valence-electron chi connectivity index (χ3n) is 5.65. The molecule has 1 aliphatic heterocycles. The lowest BCUT2D eigenvalue weighted by molar-refractivity contribution is -0.137. The first-order valence-electron chi connectivity index (χ1n) is 11.1. The summed E-state index contributed by atoms with van der Waals surface area (Å²) >= 11 is 12.0. The van der Waals surface area contributed by atoms with Crippen molar-refractivity contribution in [1.82, 2.24) is 14.9 Å². The third kappa shape index (κ3) is 6.75. The maximum atomic E-state index is 12.7. The van der Waals surface area contributed by atoms with Gasteiger partial charge in [0.15, 0.2) is 5.82 Å². The first kappa shape index (κ1) is 25.9. The van der Waals surface area contributed by atoms with Crippen LogP contribution in [0.4, 0.5) is 24.7 Å². The normalized spacial score (nSPS) is 14.9. The van der Waals surface area contributed by atoms with Gasteiger partial charge < -0.3 is 10.2 Å². The maximum absolute atomic E-state index is 12.7. The molecular formula is C25H22Cl2F3N5O. The fourth-order valence-corrected chi connectivity index (χ4v) is 4.11. The summed E-state index contributed by atoms with van der Waals surface area (Å²) in [7, 11) is 0. The van der Waals surface area contributed by atoms with Gasteiger partial charge in [-0.1, -0.05) is 47.5 Å². The van der Waals surface area contributed by atoms with E-state index in [1.807, 2.05) is 12.2 Å². The number of benzene rings is 1. The van der Waals surface area contributed by atoms with Crippen LogP contribution in [0.3, 0.4) is 0 Å². The van der Waals surface area contributed by atoms with E-state index in [9.17, 15) is 18.0 Å². The zero-order valence-corrected chi connectivity index (χ0v) is 20.5. The van der Waals surface area contributed by atoms with Crippen LogP contribution in [-0.4, -0.2) is 53.5 Å². The summed E-state index contributed by atoms with van der Waals surface area (Å²) in [5.74, 6) is 0.268. The van der Waals surface area contributed by atoms with Crippen LogP contribution < -0.4 is 10.2 Å². The molecule has 0 atom stereocenters. The van der Waals surface area contributed by atoms with Crippen LogP contribution in [0, 0.1) is 0 Å². The van der Waals surface area contributed by atoms with Crippen LogP contribution >= 0.6 is 23.2 Å². The van der Waals surface area contributed by atoms with Gasteiger partial charge in [-0.05, 0) is 35.9 Å². The van der Waals surface area contributed by atoms with Crippen molar-refractivity contribution < 1.29 is 18.0 Å². The molecule has 188 valence electrons. The first-order valence-corrected chi connectivity index (χ1v) is 11.8. The quantitative estimate of drug-likeness (QED) is 0.399. The number of piperazine rings is 1. The molecule has 4 rings (SSSR count). The number of halogens is 5. The molecule has 3 aromatic rings. The van der Waals surface area contributed by atoms with Crippen molar-refractivity contribution in [2.45, 2.75) is 6.18 Å². The monoisotopic (exact) mass is 535 g/mol. The summed E-state index contributed by atoms with van der Waals surface area (Å²) in [6.45, 7) is 3.50. The van der Waals surface area contributed by atoms with Crippen LogP contribution in [0.1, 0.15) is 21.5 Å². The second-order valence-corrected chi connectivity index (χ2v) is 8.98. The van der Waals surface area contributed by atoms with Crippen LogP contribution in [0.2, 0.25) is 10.2 Å². The van der Waals surface area contributed by atoms with Gasteiger partial charge in [-0.15, -0.1) is 0 Å². The molecule has 0 spiro atoms. The van der Waals surface area contributed by atoms with Gasteiger partial charge in [0.25, 0.3) is 5.91 Å². The van der Waals surface area contributed by atoms with Gasteiger partial charge in [-0.2, -0.15) is 13.2 Å². The molecule has 1 fully saturated rings. The van der Waals surface area contributed by atoms with Crippen LogP contribution in [-0.2, 0) is 6.18 Å². The van der Waals surface area contributed by atoms with E-state index in [-0.39, 0.29) is 11.1 Å². The zero-order valence-electron chi connectivity index (χ0n) is 19.0. The van der Waals surface area contributed by atoms with E-state index in [4.69, 9.17) is 23.2 Å². The second kappa shape index (κ2) is 11.3. The number of carbonyl (C=O) groups excluding carboxylic acids is 1. The fraction of sp³-hybridized carbons (Fsp3) is 0.240. The molecular weight excluding hydrogens is 514 g/mol. The highest BCUT2D eigenvalue weighted by Crippen LogP contribution is 2.30. The Bertz CT molecular complexity index is 1240. The molecule has 1 aromatic carbocycles. The topological polar surface area (TPSA) is 61.4 Å². The van der Waals surface area contributed by atoms with Gasteiger partial charge in [-0.25, -0.2) is 9.97 Å². The average molecular weight is 536 g/mol. The second-order valence-electron chi connectivity index (χ2n) is 8.16. The number of nitrogens with zero attached hydrogens (tertiary/aromatic N) is 4. The molecule has 1 aliphatic rings. The number of carbonyl (C=O) groups is 1. The molecule has 0 bridgehead atoms. The van der Waals surface area contributed by atoms with Gasteiger partial charge in [0.1, 0.15) is 5.15 Å². The Hall–Kier alpha value is -3.14. The van der Waals surface area contributed by atoms with Crippen LogP contribution in [0.15, 0.2) is 60.9 Å². The van der Waals surface area contributed by atoms with Gasteiger partial charge in [-0.3, -0.25) is 9.69 Å². The largest absolute Gasteiger partial charge is 0.416 e. The number of hydrogen-bond donors (Lipinski definition) is 1. The van der Waals surface area contributed by atoms with E-state index in [0.717, 1.165) is 25.2 Å². The van der Waals surface area contributed by atoms with Crippen molar-refractivity contribution in [2.75, 3.05) is 42.9 Å². The van der Waals surface area contributed by atoms with E-state index in [0.29, 0.717) is 47.3 Å². The van der Waals surface area contributed by atoms with Crippen molar-refractivity contribution in [3.8, 4) is 0 Å². The molecule has 0 aliphatic carbocycles. The van der Waals surface area contributed by atoms with E-state index in [1.165, 1.54) is 30.6 Å². The zero-order chi connectivity index (χ0) is 25.7. The van der Waals surface area contributed by atoms with Crippen molar-refractivity contribution in [3.05, 3.63) is 87.8 Å². The Labute approximate surface area is 216 Å². The lowest BCUT2D eigenvalue weighted by Gasteiger charge is -2.35. The minimum absolute atomic E-state index is 0.218. The molecule has 1 N–H and O–H groups in total. The molecule has 0 saturated carbocycles. The number of rotatable bonds is 6. The number of alkyl halides is 3. The number of aromatic nitrogens is 2. The van der Waals surface area contributed by atoms with E-state index in [2.05, 4.69) is 25.1 Å². The minimum atomic E-state index is -4.34. The molecule has 1 amide bonds. The molecule has 2 aromatic heterocycles. The SMILES string of the molecule is O=C(Nc1cc(Cl)cnc1N1CCN(C/C=C/c2ccc(C(F)(F)F)cc2)CC1)c1ccnc(Cl)c1. The number of anilines is 2. The summed E-state index contributed by atoms with van der Waals surface area (Å²) < 4.78 is 38.1. The molecule has 0 unspecified atom stereocenters. The highest BCUT2D eigenvalue weighted by Gasteiger charge is 2.29. The number of hydrogen-bond acceptors (Lipinski definition) is 5. The van der Waals surface area contributed by atoms with Crippen LogP contribution in [0.5, 0.6) is 0 Å². The van der Waals surface area contributed by atoms with Crippen molar-refractivity contribution in [1.29, 1.82) is 0 Å². The van der Waals surface area contributed by atoms with Crippen molar-refractivity contribution >= 4 is 46.7 Å². The number of pyridine rings is 2. The Morgan fingerprint density at radius 1 is 1.03 bits per heavy atom. The van der Waals surface area contributed by atoms with Gasteiger partial charge in [0.2, 0.25) is 0 Å². The van der Waals surface area contributed by atoms with Gasteiger partial charge >= 0.3 is 6.18 Å². The lowest BCUT2D eigenvalue weighted by Crippen LogP contribution is -2.46. The Morgan fingerprint density at radius 2 is 1.75 bits per heavy atom. The highest BCUT2D eigenvalue weighted by atomic mass is 35.5. The number of amides is 1. The summed E-state index contributed by atoms with van der Waals surface area (Å²) in [4.78, 5) is 25.3. The van der Waals surface area contributed by atoms with E-state index < -0.39 is 11.7 Å². The Balaban J connectivity index is 1.35. The molecule has 6 nitrogen and oxygen atoms in total. The first-order chi connectivity index (χ1) is 17.2. The molecule has 0 radical (unpaired) electrons. The van der Waals surface area contributed by atoms with Crippen molar-refractivity contribution in [2.24, 2.45) is 0 Å². The lowest BCUT2D eigenvalue weighted by atomic mass is 10.1. The predicted octanol–water partition coefficient (Wildman–Crippen LogP) is 5.89. The summed E-state index contributed by atoms with van der Waals surface area (Å²) in [6.07, 6.45) is 2.40. The van der Waals surface area contributed by atoms with Crippen molar-refractivity contribution in [3.63, 3.8) is 0 Å². The summed E-state index contributed by atoms with van der Waals surface area (Å²) in [5, 5.41) is 3.48. The smallest absolute Gasteiger partial charge is 0.352 e. The summed E-state index contributed by atoms with van der Waals surface area (Å²) in [5.41, 5.74) is 0.913. The van der Waals surface area contributed by atoms with Gasteiger partial charge in [0.05, 0.1) is 16.3 Å². The highest BCUT2D eigenvalue weighted by molar-refractivity contribution is 6.31. The minimum Gasteiger partial charge on any atom is -0.352 e. The molecule has 3 heterocycles. The third-order valence-corrected chi connectivity index (χ3v) is 6.07. The van der Waals surface area contributed by atoms with E-state index >= 15 is 0 Å². The Morgan fingerprint density at radius 3 is 2.42 bits per heavy atom. The maximum Gasteiger partial charge on any atom is 0.416 e. The van der Waals surface area contributed by atoms with Crippen LogP contribution in [0.25, 0.3) is 6.08 Å². The summed E-state index contributed by atoms with van der Waals surface area (Å²) in [6, 6.07) is 9.78. The molecule has 11 heteroatoms. The van der Waals surface area contributed by atoms with E-state index in [1.54, 1.807) is 12.1 Å². The predicted molar refractivity (Wildman–Crippen MR) is 136 cm³/mol. The standard InChI is InChI=1S/C25H22Cl2F3N5O/c26-20-15-21(33-24(36)18-7-8-31-22(27)14-18)23(32-16-20)35-12-10-34(11-13-35)9-1-2-17-3-5-19(6-4-17)25(28,29)30/h1-8,14-16H,9-13H2,(H,33,36)/b2-1+. The molecule has 36 heavy (non-hydrogen) atoms. The molecule has 1 saturated heterocycles. The Kier molecular flexibility index (Phi) is 8.13.